The van der Waals surface area contributed by atoms with E-state index in [1.54, 1.807) is 37.3 Å². The summed E-state index contributed by atoms with van der Waals surface area (Å²) in [5.41, 5.74) is 2.40. The third-order valence-corrected chi connectivity index (χ3v) is 8.66. The Morgan fingerprint density at radius 1 is 0.927 bits per heavy atom. The summed E-state index contributed by atoms with van der Waals surface area (Å²) in [6.07, 6.45) is 2.92. The molecule has 1 atom stereocenters. The third kappa shape index (κ3) is 9.36. The molecule has 7 nitrogen and oxygen atoms in total. The lowest BCUT2D eigenvalue weighted by atomic mass is 10.0. The van der Waals surface area contributed by atoms with E-state index in [9.17, 15) is 18.0 Å². The molecule has 41 heavy (non-hydrogen) atoms. The van der Waals surface area contributed by atoms with Crippen molar-refractivity contribution in [1.29, 1.82) is 0 Å². The molecule has 0 aromatic heterocycles. The second kappa shape index (κ2) is 14.9. The van der Waals surface area contributed by atoms with Crippen LogP contribution in [0.4, 0.5) is 5.69 Å². The third-order valence-electron chi connectivity index (χ3n) is 6.56. The van der Waals surface area contributed by atoms with Gasteiger partial charge in [0.15, 0.2) is 0 Å². The Kier molecular flexibility index (Phi) is 11.9. The van der Waals surface area contributed by atoms with Gasteiger partial charge in [0.2, 0.25) is 21.8 Å². The second-order valence-electron chi connectivity index (χ2n) is 9.82. The number of anilines is 1. The number of hydrogen-bond acceptors (Lipinski definition) is 4. The zero-order valence-electron chi connectivity index (χ0n) is 23.2. The van der Waals surface area contributed by atoms with Gasteiger partial charge in [0.1, 0.15) is 12.6 Å². The van der Waals surface area contributed by atoms with Crippen LogP contribution in [0.15, 0.2) is 66.7 Å². The molecule has 0 bridgehead atoms. The van der Waals surface area contributed by atoms with Crippen LogP contribution in [-0.4, -0.2) is 50.5 Å². The molecule has 3 rings (SSSR count). The lowest BCUT2D eigenvalue weighted by Gasteiger charge is -2.34. The van der Waals surface area contributed by atoms with Crippen molar-refractivity contribution in [2.75, 3.05) is 23.7 Å². The molecular weight excluding hydrogens is 605 g/mol. The maximum absolute atomic E-state index is 14.1. The topological polar surface area (TPSA) is 86.8 Å². The molecule has 0 saturated heterocycles. The highest BCUT2D eigenvalue weighted by atomic mass is 35.5. The first-order valence-electron chi connectivity index (χ1n) is 13.2. The Balaban J connectivity index is 2.08. The Labute approximate surface area is 257 Å². The number of halogens is 3. The molecule has 2 amide bonds. The fraction of sp³-hybridized carbons (Fsp3) is 0.333. The number of unbranched alkanes of at least 4 members (excludes halogenated alkanes) is 1. The highest BCUT2D eigenvalue weighted by Crippen LogP contribution is 2.28. The van der Waals surface area contributed by atoms with Crippen LogP contribution in [0.2, 0.25) is 15.1 Å². The minimum Gasteiger partial charge on any atom is -0.354 e. The number of aryl methyl sites for hydroxylation is 1. The molecule has 0 aliphatic carbocycles. The normalized spacial score (nSPS) is 12.0. The molecule has 3 aromatic carbocycles. The van der Waals surface area contributed by atoms with Crippen LogP contribution in [0.3, 0.4) is 0 Å². The fourth-order valence-corrected chi connectivity index (χ4v) is 5.73. The van der Waals surface area contributed by atoms with Crippen molar-refractivity contribution < 1.29 is 18.0 Å². The van der Waals surface area contributed by atoms with E-state index in [4.69, 9.17) is 34.8 Å². The maximum atomic E-state index is 14.1. The van der Waals surface area contributed by atoms with Gasteiger partial charge in [-0.2, -0.15) is 0 Å². The van der Waals surface area contributed by atoms with Gasteiger partial charge in [-0.1, -0.05) is 90.6 Å². The summed E-state index contributed by atoms with van der Waals surface area (Å²) < 4.78 is 26.9. The molecule has 3 aromatic rings. The molecule has 0 spiro atoms. The Hall–Kier alpha value is -2.78. The van der Waals surface area contributed by atoms with Gasteiger partial charge in [0.25, 0.3) is 0 Å². The molecule has 0 saturated carbocycles. The van der Waals surface area contributed by atoms with Crippen LogP contribution in [0.5, 0.6) is 0 Å². The van der Waals surface area contributed by atoms with Crippen LogP contribution in [0.25, 0.3) is 0 Å². The number of nitrogens with zero attached hydrogens (tertiary/aromatic N) is 2. The summed E-state index contributed by atoms with van der Waals surface area (Å²) in [7, 11) is -3.91. The van der Waals surface area contributed by atoms with E-state index in [-0.39, 0.29) is 24.6 Å². The van der Waals surface area contributed by atoms with E-state index in [1.807, 2.05) is 37.3 Å². The predicted octanol–water partition coefficient (Wildman–Crippen LogP) is 6.28. The molecule has 220 valence electrons. The van der Waals surface area contributed by atoms with Crippen molar-refractivity contribution in [3.05, 3.63) is 98.5 Å². The van der Waals surface area contributed by atoms with Gasteiger partial charge in [0.05, 0.1) is 22.0 Å². The van der Waals surface area contributed by atoms with Crippen LogP contribution in [0.1, 0.15) is 36.5 Å². The summed E-state index contributed by atoms with van der Waals surface area (Å²) in [6.45, 7) is 3.68. The Morgan fingerprint density at radius 3 is 2.27 bits per heavy atom. The fourth-order valence-electron chi connectivity index (χ4n) is 4.34. The van der Waals surface area contributed by atoms with Gasteiger partial charge in [-0.05, 0) is 54.3 Å². The van der Waals surface area contributed by atoms with E-state index >= 15 is 0 Å². The van der Waals surface area contributed by atoms with Gasteiger partial charge in [-0.15, -0.1) is 0 Å². The number of rotatable bonds is 13. The Morgan fingerprint density at radius 2 is 1.63 bits per heavy atom. The van der Waals surface area contributed by atoms with Crippen molar-refractivity contribution >= 4 is 62.3 Å². The first-order chi connectivity index (χ1) is 19.4. The first kappa shape index (κ1) is 32.7. The summed E-state index contributed by atoms with van der Waals surface area (Å²) in [4.78, 5) is 29.2. The number of benzene rings is 3. The van der Waals surface area contributed by atoms with Crippen LogP contribution < -0.4 is 9.62 Å². The molecule has 0 unspecified atom stereocenters. The van der Waals surface area contributed by atoms with Crippen molar-refractivity contribution in [2.24, 2.45) is 0 Å². The number of carbonyl (C=O) groups is 2. The number of carbonyl (C=O) groups excluding carboxylic acids is 2. The highest BCUT2D eigenvalue weighted by Gasteiger charge is 2.33. The molecular formula is C30H34Cl3N3O4S. The van der Waals surface area contributed by atoms with E-state index in [1.165, 1.54) is 11.0 Å². The number of hydrogen-bond donors (Lipinski definition) is 1. The summed E-state index contributed by atoms with van der Waals surface area (Å²) >= 11 is 18.6. The maximum Gasteiger partial charge on any atom is 0.244 e. The zero-order chi connectivity index (χ0) is 30.2. The minimum absolute atomic E-state index is 0.000546. The number of sulfonamides is 1. The quantitative estimate of drug-likeness (QED) is 0.223. The summed E-state index contributed by atoms with van der Waals surface area (Å²) in [6, 6.07) is 18.2. The molecule has 0 radical (unpaired) electrons. The van der Waals surface area contributed by atoms with Crippen molar-refractivity contribution in [1.82, 2.24) is 10.2 Å². The molecule has 0 aliphatic rings. The lowest BCUT2D eigenvalue weighted by molar-refractivity contribution is -0.140. The number of nitrogens with one attached hydrogen (secondary N) is 1. The van der Waals surface area contributed by atoms with E-state index < -0.39 is 28.5 Å². The average molecular weight is 639 g/mol. The largest absolute Gasteiger partial charge is 0.354 e. The predicted molar refractivity (Wildman–Crippen MR) is 167 cm³/mol. The highest BCUT2D eigenvalue weighted by molar-refractivity contribution is 7.92. The van der Waals surface area contributed by atoms with Crippen molar-refractivity contribution in [3.63, 3.8) is 0 Å². The molecule has 0 fully saturated rings. The van der Waals surface area contributed by atoms with Crippen LogP contribution in [0, 0.1) is 6.92 Å². The number of amides is 2. The lowest BCUT2D eigenvalue weighted by Crippen LogP contribution is -2.53. The van der Waals surface area contributed by atoms with Gasteiger partial charge >= 0.3 is 0 Å². The average Bonchev–Trinajstić information content (AvgIpc) is 2.92. The SMILES string of the molecule is CCCCNC(=O)[C@H](Cc1ccccc1)N(Cc1ccc(Cl)c(Cl)c1)C(=O)CN(c1cc(Cl)ccc1C)S(C)(=O)=O. The molecule has 0 heterocycles. The van der Waals surface area contributed by atoms with Gasteiger partial charge in [-0.25, -0.2) is 8.42 Å². The summed E-state index contributed by atoms with van der Waals surface area (Å²) in [5, 5.41) is 3.93. The van der Waals surface area contributed by atoms with Crippen molar-refractivity contribution in [3.8, 4) is 0 Å². The van der Waals surface area contributed by atoms with E-state index in [0.29, 0.717) is 32.7 Å². The molecule has 11 heteroatoms. The van der Waals surface area contributed by atoms with Crippen LogP contribution in [-0.2, 0) is 32.6 Å². The van der Waals surface area contributed by atoms with Crippen LogP contribution >= 0.6 is 34.8 Å². The second-order valence-corrected chi connectivity index (χ2v) is 13.0. The summed E-state index contributed by atoms with van der Waals surface area (Å²) in [5.74, 6) is -0.895. The van der Waals surface area contributed by atoms with E-state index in [0.717, 1.165) is 29.0 Å². The zero-order valence-corrected chi connectivity index (χ0v) is 26.3. The standard InChI is InChI=1S/C30H34Cl3N3O4S/c1-4-5-15-34-30(38)28(17-22-9-7-6-8-10-22)35(19-23-12-14-25(32)26(33)16-23)29(37)20-36(41(3,39)40)27-18-24(31)13-11-21(27)2/h6-14,16,18,28H,4-5,15,17,19-20H2,1-3H3,(H,34,38)/t28-/m0/s1. The first-order valence-corrected chi connectivity index (χ1v) is 16.2. The van der Waals surface area contributed by atoms with Crippen molar-refractivity contribution in [2.45, 2.75) is 45.7 Å². The smallest absolute Gasteiger partial charge is 0.244 e. The minimum atomic E-state index is -3.91. The molecule has 1 N–H and O–H groups in total. The monoisotopic (exact) mass is 637 g/mol. The van der Waals surface area contributed by atoms with Gasteiger partial charge in [0, 0.05) is 24.5 Å². The van der Waals surface area contributed by atoms with E-state index in [2.05, 4.69) is 5.32 Å². The van der Waals surface area contributed by atoms with Gasteiger partial charge in [-0.3, -0.25) is 13.9 Å². The Bertz CT molecular complexity index is 1470. The molecule has 0 aliphatic heterocycles. The van der Waals surface area contributed by atoms with Gasteiger partial charge < -0.3 is 10.2 Å².